The standard InChI is InChI=1S/C17H21N5O/c1-22-8-2-3-12(10-22)4-7-16-20-17(21-23-16)13-5-6-14-15(9-13)19-11-18-14/h5-6,9,11-12H,2-4,7-8,10H2,1H3,(H,18,19)/t12-/m1/s1. The van der Waals surface area contributed by atoms with E-state index in [1.165, 1.54) is 25.9 Å². The van der Waals surface area contributed by atoms with E-state index in [1.807, 2.05) is 18.2 Å². The van der Waals surface area contributed by atoms with E-state index in [9.17, 15) is 0 Å². The third-order valence-electron chi connectivity index (χ3n) is 4.64. The van der Waals surface area contributed by atoms with Crippen LogP contribution in [0.1, 0.15) is 25.2 Å². The Morgan fingerprint density at radius 3 is 3.26 bits per heavy atom. The summed E-state index contributed by atoms with van der Waals surface area (Å²) >= 11 is 0. The molecule has 0 bridgehead atoms. The van der Waals surface area contributed by atoms with Gasteiger partial charge in [0.25, 0.3) is 0 Å². The van der Waals surface area contributed by atoms with E-state index in [2.05, 4.69) is 32.1 Å². The van der Waals surface area contributed by atoms with E-state index in [0.717, 1.165) is 41.2 Å². The van der Waals surface area contributed by atoms with Crippen molar-refractivity contribution >= 4 is 11.0 Å². The van der Waals surface area contributed by atoms with E-state index >= 15 is 0 Å². The first-order valence-corrected chi connectivity index (χ1v) is 8.22. The van der Waals surface area contributed by atoms with Crippen LogP contribution >= 0.6 is 0 Å². The van der Waals surface area contributed by atoms with Gasteiger partial charge in [-0.05, 0) is 57.0 Å². The number of rotatable bonds is 4. The quantitative estimate of drug-likeness (QED) is 0.802. The van der Waals surface area contributed by atoms with E-state index in [4.69, 9.17) is 4.52 Å². The number of hydrogen-bond donors (Lipinski definition) is 1. The first kappa shape index (κ1) is 14.4. The van der Waals surface area contributed by atoms with E-state index in [1.54, 1.807) is 6.33 Å². The Labute approximate surface area is 134 Å². The van der Waals surface area contributed by atoms with Crippen LogP contribution in [-0.2, 0) is 6.42 Å². The molecule has 1 saturated heterocycles. The number of benzene rings is 1. The molecule has 0 aliphatic carbocycles. The van der Waals surface area contributed by atoms with Crippen LogP contribution in [-0.4, -0.2) is 45.1 Å². The molecular formula is C17H21N5O. The van der Waals surface area contributed by atoms with Gasteiger partial charge in [0.2, 0.25) is 11.7 Å². The zero-order chi connectivity index (χ0) is 15.6. The van der Waals surface area contributed by atoms with Crippen molar-refractivity contribution in [1.29, 1.82) is 0 Å². The average molecular weight is 311 g/mol. The Balaban J connectivity index is 1.43. The fourth-order valence-electron chi connectivity index (χ4n) is 3.38. The number of aromatic amines is 1. The number of piperidine rings is 1. The Morgan fingerprint density at radius 1 is 1.39 bits per heavy atom. The molecule has 3 aromatic rings. The molecule has 1 aliphatic heterocycles. The van der Waals surface area contributed by atoms with Gasteiger partial charge in [-0.25, -0.2) is 4.98 Å². The van der Waals surface area contributed by atoms with Crippen molar-refractivity contribution in [3.63, 3.8) is 0 Å². The fourth-order valence-corrected chi connectivity index (χ4v) is 3.38. The summed E-state index contributed by atoms with van der Waals surface area (Å²) in [5.74, 6) is 2.13. The summed E-state index contributed by atoms with van der Waals surface area (Å²) in [5.41, 5.74) is 2.88. The summed E-state index contributed by atoms with van der Waals surface area (Å²) < 4.78 is 5.43. The lowest BCUT2D eigenvalue weighted by atomic mass is 9.94. The van der Waals surface area contributed by atoms with E-state index in [0.29, 0.717) is 5.82 Å². The highest BCUT2D eigenvalue weighted by atomic mass is 16.5. The van der Waals surface area contributed by atoms with Gasteiger partial charge in [0, 0.05) is 18.5 Å². The first-order chi connectivity index (χ1) is 11.3. The van der Waals surface area contributed by atoms with Gasteiger partial charge in [0.05, 0.1) is 17.4 Å². The Morgan fingerprint density at radius 2 is 2.35 bits per heavy atom. The van der Waals surface area contributed by atoms with E-state index < -0.39 is 0 Å². The summed E-state index contributed by atoms with van der Waals surface area (Å²) in [6.45, 7) is 2.40. The Kier molecular flexibility index (Phi) is 3.83. The van der Waals surface area contributed by atoms with Crippen LogP contribution < -0.4 is 0 Å². The van der Waals surface area contributed by atoms with Gasteiger partial charge in [-0.1, -0.05) is 5.16 Å². The zero-order valence-electron chi connectivity index (χ0n) is 13.3. The van der Waals surface area contributed by atoms with Gasteiger partial charge in [0.15, 0.2) is 0 Å². The molecule has 23 heavy (non-hydrogen) atoms. The molecule has 120 valence electrons. The number of nitrogens with zero attached hydrogens (tertiary/aromatic N) is 4. The minimum Gasteiger partial charge on any atom is -0.345 e. The lowest BCUT2D eigenvalue weighted by Gasteiger charge is -2.29. The maximum absolute atomic E-state index is 5.43. The molecule has 0 saturated carbocycles. The number of aromatic nitrogens is 4. The van der Waals surface area contributed by atoms with Crippen LogP contribution in [0.2, 0.25) is 0 Å². The van der Waals surface area contributed by atoms with Crippen LogP contribution in [0.15, 0.2) is 29.0 Å². The number of nitrogens with one attached hydrogen (secondary N) is 1. The molecular weight excluding hydrogens is 290 g/mol. The van der Waals surface area contributed by atoms with Crippen molar-refractivity contribution in [3.05, 3.63) is 30.4 Å². The summed E-state index contributed by atoms with van der Waals surface area (Å²) in [4.78, 5) is 14.3. The average Bonchev–Trinajstić information content (AvgIpc) is 3.21. The molecule has 0 radical (unpaired) electrons. The lowest BCUT2D eigenvalue weighted by molar-refractivity contribution is 0.199. The van der Waals surface area contributed by atoms with Crippen molar-refractivity contribution in [2.24, 2.45) is 5.92 Å². The number of fused-ring (bicyclic) bond motifs is 1. The largest absolute Gasteiger partial charge is 0.345 e. The predicted molar refractivity (Wildman–Crippen MR) is 87.9 cm³/mol. The normalized spacial score (nSPS) is 19.4. The van der Waals surface area contributed by atoms with Gasteiger partial charge in [-0.2, -0.15) is 4.98 Å². The third kappa shape index (κ3) is 3.12. The van der Waals surface area contributed by atoms with Gasteiger partial charge < -0.3 is 14.4 Å². The molecule has 0 unspecified atom stereocenters. The number of imidazole rings is 1. The fraction of sp³-hybridized carbons (Fsp3) is 0.471. The number of aryl methyl sites for hydroxylation is 1. The van der Waals surface area contributed by atoms with Crippen LogP contribution in [0.5, 0.6) is 0 Å². The highest BCUT2D eigenvalue weighted by Gasteiger charge is 2.18. The van der Waals surface area contributed by atoms with Crippen LogP contribution in [0.3, 0.4) is 0 Å². The van der Waals surface area contributed by atoms with Crippen molar-refractivity contribution in [2.75, 3.05) is 20.1 Å². The highest BCUT2D eigenvalue weighted by molar-refractivity contribution is 5.79. The van der Waals surface area contributed by atoms with E-state index in [-0.39, 0.29) is 0 Å². The van der Waals surface area contributed by atoms with Gasteiger partial charge in [-0.3, -0.25) is 0 Å². The molecule has 0 amide bonds. The Hall–Kier alpha value is -2.21. The summed E-state index contributed by atoms with van der Waals surface area (Å²) in [6.07, 6.45) is 6.27. The van der Waals surface area contributed by atoms with Crippen molar-refractivity contribution in [2.45, 2.75) is 25.7 Å². The SMILES string of the molecule is CN1CCC[C@H](CCc2nc(-c3ccc4nc[nH]c4c3)no2)C1. The topological polar surface area (TPSA) is 70.8 Å². The van der Waals surface area contributed by atoms with Crippen LogP contribution in [0.25, 0.3) is 22.4 Å². The molecule has 3 heterocycles. The molecule has 1 aromatic carbocycles. The molecule has 2 aromatic heterocycles. The van der Waals surface area contributed by atoms with Crippen LogP contribution in [0, 0.1) is 5.92 Å². The summed E-state index contributed by atoms with van der Waals surface area (Å²) in [5, 5.41) is 4.13. The zero-order valence-corrected chi connectivity index (χ0v) is 13.3. The maximum Gasteiger partial charge on any atom is 0.226 e. The monoisotopic (exact) mass is 311 g/mol. The second-order valence-corrected chi connectivity index (χ2v) is 6.46. The third-order valence-corrected chi connectivity index (χ3v) is 4.64. The molecule has 0 spiro atoms. The van der Waals surface area contributed by atoms with Crippen molar-refractivity contribution in [1.82, 2.24) is 25.0 Å². The number of hydrogen-bond acceptors (Lipinski definition) is 5. The maximum atomic E-state index is 5.43. The smallest absolute Gasteiger partial charge is 0.226 e. The van der Waals surface area contributed by atoms with Crippen molar-refractivity contribution in [3.8, 4) is 11.4 Å². The lowest BCUT2D eigenvalue weighted by Crippen LogP contribution is -2.32. The second kappa shape index (κ2) is 6.12. The molecule has 1 aliphatic rings. The number of H-pyrrole nitrogens is 1. The minimum atomic E-state index is 0.650. The van der Waals surface area contributed by atoms with Crippen LogP contribution in [0.4, 0.5) is 0 Å². The second-order valence-electron chi connectivity index (χ2n) is 6.46. The molecule has 6 heteroatoms. The first-order valence-electron chi connectivity index (χ1n) is 8.22. The Bertz CT molecular complexity index is 793. The number of likely N-dealkylation sites (tertiary alicyclic amines) is 1. The molecule has 1 fully saturated rings. The molecule has 1 atom stereocenters. The molecule has 1 N–H and O–H groups in total. The van der Waals surface area contributed by atoms with Gasteiger partial charge in [0.1, 0.15) is 0 Å². The minimum absolute atomic E-state index is 0.650. The predicted octanol–water partition coefficient (Wildman–Crippen LogP) is 2.89. The van der Waals surface area contributed by atoms with Gasteiger partial charge in [-0.15, -0.1) is 0 Å². The van der Waals surface area contributed by atoms with Crippen molar-refractivity contribution < 1.29 is 4.52 Å². The molecule has 4 rings (SSSR count). The summed E-state index contributed by atoms with van der Waals surface area (Å²) in [6, 6.07) is 5.95. The molecule has 6 nitrogen and oxygen atoms in total. The highest BCUT2D eigenvalue weighted by Crippen LogP contribution is 2.23. The summed E-state index contributed by atoms with van der Waals surface area (Å²) in [7, 11) is 2.20. The van der Waals surface area contributed by atoms with Gasteiger partial charge >= 0.3 is 0 Å².